The predicted molar refractivity (Wildman–Crippen MR) is 123 cm³/mol. The van der Waals surface area contributed by atoms with Gasteiger partial charge in [0.15, 0.2) is 0 Å². The number of ether oxygens (including phenoxy) is 1. The van der Waals surface area contributed by atoms with E-state index in [0.717, 1.165) is 15.7 Å². The number of rotatable bonds is 5. The van der Waals surface area contributed by atoms with Crippen LogP contribution in [-0.4, -0.2) is 22.2 Å². The fraction of sp³-hybridized carbons (Fsp3) is 0.174. The number of aryl methyl sites for hydroxylation is 2. The van der Waals surface area contributed by atoms with Crippen LogP contribution in [0.5, 0.6) is 5.75 Å². The molecule has 0 saturated carbocycles. The maximum absolute atomic E-state index is 13.3. The summed E-state index contributed by atoms with van der Waals surface area (Å²) in [5, 5.41) is 4.52. The van der Waals surface area contributed by atoms with Crippen molar-refractivity contribution in [1.29, 1.82) is 0 Å². The van der Waals surface area contributed by atoms with Gasteiger partial charge < -0.3 is 10.1 Å². The number of methoxy groups -OCH3 is 1. The van der Waals surface area contributed by atoms with Crippen LogP contribution in [0, 0.1) is 13.8 Å². The average molecular weight is 436 g/mol. The molecule has 0 unspecified atom stereocenters. The highest BCUT2D eigenvalue weighted by Gasteiger charge is 2.18. The quantitative estimate of drug-likeness (QED) is 0.520. The van der Waals surface area contributed by atoms with E-state index in [-0.39, 0.29) is 12.1 Å². The van der Waals surface area contributed by atoms with Gasteiger partial charge in [-0.1, -0.05) is 18.2 Å². The number of nitrogens with zero attached hydrogens (tertiary/aromatic N) is 2. The first kappa shape index (κ1) is 20.6. The van der Waals surface area contributed by atoms with Crippen molar-refractivity contribution >= 4 is 33.1 Å². The first-order chi connectivity index (χ1) is 14.9. The van der Waals surface area contributed by atoms with Crippen molar-refractivity contribution in [2.45, 2.75) is 20.4 Å². The summed E-state index contributed by atoms with van der Waals surface area (Å²) in [7, 11) is 1.52. The number of fused-ring (bicyclic) bond motifs is 1. The molecule has 0 radical (unpaired) electrons. The molecular weight excluding hydrogens is 414 g/mol. The lowest BCUT2D eigenvalue weighted by atomic mass is 10.1. The first-order valence-electron chi connectivity index (χ1n) is 9.64. The van der Waals surface area contributed by atoms with Gasteiger partial charge in [0.25, 0.3) is 5.56 Å². The second kappa shape index (κ2) is 8.23. The maximum Gasteiger partial charge on any atom is 0.336 e. The predicted octanol–water partition coefficient (Wildman–Crippen LogP) is 3.48. The maximum atomic E-state index is 13.3. The summed E-state index contributed by atoms with van der Waals surface area (Å²) in [6.45, 7) is 3.65. The molecule has 31 heavy (non-hydrogen) atoms. The van der Waals surface area contributed by atoms with E-state index >= 15 is 0 Å². The van der Waals surface area contributed by atoms with Crippen LogP contribution in [0.25, 0.3) is 15.9 Å². The summed E-state index contributed by atoms with van der Waals surface area (Å²) in [6.07, 6.45) is 0. The SMILES string of the molecule is COc1ccccc1NC(=O)Cn1c(=O)n(-c2ccc(C)c(C)c2)c(=O)c2sccc21. The fourth-order valence-corrected chi connectivity index (χ4v) is 4.24. The normalized spacial score (nSPS) is 10.9. The number of thiophene rings is 1. The molecule has 0 bridgehead atoms. The van der Waals surface area contributed by atoms with Crippen molar-refractivity contribution in [2.75, 3.05) is 12.4 Å². The molecule has 4 rings (SSSR count). The van der Waals surface area contributed by atoms with Crippen molar-refractivity contribution in [3.05, 3.63) is 85.9 Å². The van der Waals surface area contributed by atoms with Crippen LogP contribution in [0.4, 0.5) is 5.69 Å². The van der Waals surface area contributed by atoms with Crippen molar-refractivity contribution < 1.29 is 9.53 Å². The third kappa shape index (κ3) is 3.77. The molecule has 0 aliphatic heterocycles. The number of aromatic nitrogens is 2. The van der Waals surface area contributed by atoms with Crippen LogP contribution in [0.3, 0.4) is 0 Å². The van der Waals surface area contributed by atoms with Crippen molar-refractivity contribution in [3.63, 3.8) is 0 Å². The highest BCUT2D eigenvalue weighted by molar-refractivity contribution is 7.17. The van der Waals surface area contributed by atoms with Crippen LogP contribution in [0.2, 0.25) is 0 Å². The van der Waals surface area contributed by atoms with E-state index < -0.39 is 11.6 Å². The minimum Gasteiger partial charge on any atom is -0.495 e. The van der Waals surface area contributed by atoms with E-state index in [0.29, 0.717) is 27.3 Å². The molecule has 8 heteroatoms. The molecule has 2 heterocycles. The zero-order chi connectivity index (χ0) is 22.1. The van der Waals surface area contributed by atoms with E-state index in [2.05, 4.69) is 5.32 Å². The lowest BCUT2D eigenvalue weighted by Gasteiger charge is -2.14. The topological polar surface area (TPSA) is 82.3 Å². The number of nitrogens with one attached hydrogen (secondary N) is 1. The largest absolute Gasteiger partial charge is 0.495 e. The van der Waals surface area contributed by atoms with Crippen molar-refractivity contribution in [3.8, 4) is 11.4 Å². The zero-order valence-electron chi connectivity index (χ0n) is 17.3. The third-order valence-electron chi connectivity index (χ3n) is 5.19. The number of hydrogen-bond acceptors (Lipinski definition) is 5. The van der Waals surface area contributed by atoms with Gasteiger partial charge in [-0.15, -0.1) is 11.3 Å². The van der Waals surface area contributed by atoms with E-state index in [1.807, 2.05) is 19.9 Å². The Morgan fingerprint density at radius 3 is 2.58 bits per heavy atom. The first-order valence-corrected chi connectivity index (χ1v) is 10.5. The van der Waals surface area contributed by atoms with Gasteiger partial charge in [0.05, 0.1) is 24.0 Å². The van der Waals surface area contributed by atoms with Crippen LogP contribution in [-0.2, 0) is 11.3 Å². The lowest BCUT2D eigenvalue weighted by Crippen LogP contribution is -2.40. The van der Waals surface area contributed by atoms with Gasteiger partial charge in [-0.05, 0) is 60.7 Å². The molecule has 0 atom stereocenters. The van der Waals surface area contributed by atoms with Gasteiger partial charge in [-0.2, -0.15) is 0 Å². The smallest absolute Gasteiger partial charge is 0.336 e. The number of para-hydroxylation sites is 2. The molecule has 158 valence electrons. The summed E-state index contributed by atoms with van der Waals surface area (Å²) in [5.41, 5.74) is 2.50. The highest BCUT2D eigenvalue weighted by Crippen LogP contribution is 2.23. The molecule has 2 aromatic carbocycles. The van der Waals surface area contributed by atoms with Crippen LogP contribution >= 0.6 is 11.3 Å². The Kier molecular flexibility index (Phi) is 5.48. The Labute approximate surface area is 182 Å². The molecule has 0 aliphatic carbocycles. The Bertz CT molecular complexity index is 1410. The molecule has 4 aromatic rings. The number of hydrogen-bond donors (Lipinski definition) is 1. The summed E-state index contributed by atoms with van der Waals surface area (Å²) in [4.78, 5) is 39.2. The molecule has 0 saturated heterocycles. The molecule has 1 amide bonds. The molecular formula is C23H21N3O4S. The average Bonchev–Trinajstić information content (AvgIpc) is 3.24. The van der Waals surface area contributed by atoms with Gasteiger partial charge in [-0.25, -0.2) is 9.36 Å². The molecule has 1 N–H and O–H groups in total. The van der Waals surface area contributed by atoms with Gasteiger partial charge in [0.1, 0.15) is 17.0 Å². The summed E-state index contributed by atoms with van der Waals surface area (Å²) < 4.78 is 8.14. The number of amides is 1. The van der Waals surface area contributed by atoms with E-state index in [9.17, 15) is 14.4 Å². The summed E-state index contributed by atoms with van der Waals surface area (Å²) in [6, 6.07) is 14.1. The van der Waals surface area contributed by atoms with Gasteiger partial charge in [-0.3, -0.25) is 14.2 Å². The van der Waals surface area contributed by atoms with Crippen LogP contribution in [0.1, 0.15) is 11.1 Å². The molecule has 0 aliphatic rings. The number of benzene rings is 2. The van der Waals surface area contributed by atoms with Crippen molar-refractivity contribution in [2.24, 2.45) is 0 Å². The Morgan fingerprint density at radius 2 is 1.84 bits per heavy atom. The zero-order valence-corrected chi connectivity index (χ0v) is 18.2. The molecule has 2 aromatic heterocycles. The van der Waals surface area contributed by atoms with Crippen LogP contribution in [0.15, 0.2) is 63.5 Å². The monoisotopic (exact) mass is 435 g/mol. The minimum atomic E-state index is -0.561. The summed E-state index contributed by atoms with van der Waals surface area (Å²) in [5.74, 6) is 0.119. The van der Waals surface area contributed by atoms with E-state index in [1.54, 1.807) is 47.8 Å². The Morgan fingerprint density at radius 1 is 1.06 bits per heavy atom. The van der Waals surface area contributed by atoms with E-state index in [4.69, 9.17) is 4.74 Å². The Balaban J connectivity index is 1.80. The third-order valence-corrected chi connectivity index (χ3v) is 6.08. The molecule has 7 nitrogen and oxygen atoms in total. The molecule has 0 spiro atoms. The lowest BCUT2D eigenvalue weighted by molar-refractivity contribution is -0.116. The standard InChI is InChI=1S/C23H21N3O4S/c1-14-8-9-16(12-15(14)2)26-22(28)21-18(10-11-31-21)25(23(26)29)13-20(27)24-17-6-4-5-7-19(17)30-3/h4-12H,13H2,1-3H3,(H,24,27). The second-order valence-electron chi connectivity index (χ2n) is 7.16. The number of carbonyl (C=O) groups excluding carboxylic acids is 1. The van der Waals surface area contributed by atoms with Gasteiger partial charge in [0.2, 0.25) is 5.91 Å². The van der Waals surface area contributed by atoms with E-state index in [1.165, 1.54) is 23.0 Å². The van der Waals surface area contributed by atoms with Gasteiger partial charge in [0, 0.05) is 0 Å². The second-order valence-corrected chi connectivity index (χ2v) is 8.08. The van der Waals surface area contributed by atoms with Gasteiger partial charge >= 0.3 is 5.69 Å². The highest BCUT2D eigenvalue weighted by atomic mass is 32.1. The number of carbonyl (C=O) groups is 1. The summed E-state index contributed by atoms with van der Waals surface area (Å²) >= 11 is 1.25. The van der Waals surface area contributed by atoms with Crippen molar-refractivity contribution in [1.82, 2.24) is 9.13 Å². The fourth-order valence-electron chi connectivity index (χ4n) is 3.41. The molecule has 0 fully saturated rings. The Hall–Kier alpha value is -3.65. The van der Waals surface area contributed by atoms with Crippen LogP contribution < -0.4 is 21.3 Å². The number of anilines is 1. The minimum absolute atomic E-state index is 0.241.